The van der Waals surface area contributed by atoms with Crippen LogP contribution in [0.4, 0.5) is 30.7 Å². The number of hydrogen-bond acceptors (Lipinski definition) is 7. The van der Waals surface area contributed by atoms with Crippen molar-refractivity contribution in [2.45, 2.75) is 36.5 Å². The van der Waals surface area contributed by atoms with E-state index in [1.54, 1.807) is 0 Å². The molecule has 1 atom stereocenters. The Kier molecular flexibility index (Phi) is 8.62. The fraction of sp³-hybridized carbons (Fsp3) is 0.571. The van der Waals surface area contributed by atoms with Gasteiger partial charge < -0.3 is 19.3 Å². The highest BCUT2D eigenvalue weighted by molar-refractivity contribution is 7.86. The predicted molar refractivity (Wildman–Crippen MR) is 83.1 cm³/mol. The van der Waals surface area contributed by atoms with Crippen LogP contribution < -0.4 is 5.32 Å². The topological polar surface area (TPSA) is 122 Å². The molecule has 0 heterocycles. The maximum Gasteiger partial charge on any atom is 0.466 e. The molecule has 0 radical (unpaired) electrons. The number of carbonyl (C=O) groups excluding carboxylic acids is 2. The summed E-state index contributed by atoms with van der Waals surface area (Å²) in [6.45, 7) is 4.16. The normalized spacial score (nSPS) is 15.1. The fourth-order valence-corrected chi connectivity index (χ4v) is 2.03. The second kappa shape index (κ2) is 9.30. The van der Waals surface area contributed by atoms with Crippen LogP contribution >= 0.6 is 0 Å². The van der Waals surface area contributed by atoms with Crippen molar-refractivity contribution in [3.05, 3.63) is 24.8 Å². The van der Waals surface area contributed by atoms with E-state index >= 15 is 0 Å². The Bertz CT molecular complexity index is 795. The summed E-state index contributed by atoms with van der Waals surface area (Å²) < 4.78 is 132. The van der Waals surface area contributed by atoms with E-state index in [-0.39, 0.29) is 0 Å². The molecule has 0 aromatic rings. The van der Waals surface area contributed by atoms with E-state index in [4.69, 9.17) is 0 Å². The van der Waals surface area contributed by atoms with Gasteiger partial charge in [0.25, 0.3) is 0 Å². The molecule has 0 aliphatic heterocycles. The zero-order valence-electron chi connectivity index (χ0n) is 15.0. The Labute approximate surface area is 165 Å². The molecule has 0 fully saturated rings. The predicted octanol–water partition coefficient (Wildman–Crippen LogP) is 1.85. The second-order valence-electron chi connectivity index (χ2n) is 5.56. The van der Waals surface area contributed by atoms with E-state index in [1.807, 2.05) is 0 Å². The molecule has 0 aliphatic rings. The molecule has 0 aromatic carbocycles. The van der Waals surface area contributed by atoms with E-state index in [9.17, 15) is 53.3 Å². The number of nitrogens with one attached hydrogen (secondary N) is 1. The highest BCUT2D eigenvalue weighted by Crippen LogP contribution is 2.42. The summed E-state index contributed by atoms with van der Waals surface area (Å²) in [4.78, 5) is 23.5. The first-order valence-corrected chi connectivity index (χ1v) is 8.87. The van der Waals surface area contributed by atoms with E-state index in [0.29, 0.717) is 0 Å². The van der Waals surface area contributed by atoms with Gasteiger partial charge in [-0.2, -0.15) is 30.7 Å². The smallest absolute Gasteiger partial charge is 0.466 e. The summed E-state index contributed by atoms with van der Waals surface area (Å²) in [5.41, 5.74) is -0.682. The summed E-state index contributed by atoms with van der Waals surface area (Å²) in [6, 6.07) is 0. The first-order valence-electron chi connectivity index (χ1n) is 7.46. The molecule has 0 spiro atoms. The summed E-state index contributed by atoms with van der Waals surface area (Å²) in [5.74, 6) is -14.4. The molecule has 1 amide bonds. The lowest BCUT2D eigenvalue weighted by molar-refractivity contribution is -0.349. The van der Waals surface area contributed by atoms with Crippen molar-refractivity contribution < 1.29 is 62.8 Å². The molecule has 8 nitrogen and oxygen atoms in total. The van der Waals surface area contributed by atoms with Crippen LogP contribution in [-0.4, -0.2) is 61.1 Å². The molecule has 30 heavy (non-hydrogen) atoms. The molecule has 0 aromatic heterocycles. The molecule has 0 rings (SSSR count). The van der Waals surface area contributed by atoms with Gasteiger partial charge in [0.2, 0.25) is 0 Å². The van der Waals surface area contributed by atoms with Gasteiger partial charge in [0.1, 0.15) is 0 Å². The first kappa shape index (κ1) is 27.8. The van der Waals surface area contributed by atoms with Crippen molar-refractivity contribution >= 4 is 22.0 Å². The minimum atomic E-state index is -6.91. The van der Waals surface area contributed by atoms with Gasteiger partial charge in [-0.3, -0.25) is 4.79 Å². The van der Waals surface area contributed by atoms with Gasteiger partial charge in [-0.15, -0.1) is 6.58 Å². The molecule has 0 saturated carbocycles. The molecular weight excluding hydrogens is 459 g/mol. The Morgan fingerprint density at radius 3 is 2.00 bits per heavy atom. The zero-order valence-corrected chi connectivity index (χ0v) is 15.8. The van der Waals surface area contributed by atoms with E-state index in [2.05, 4.69) is 22.6 Å². The van der Waals surface area contributed by atoms with Crippen LogP contribution in [0, 0.1) is 0 Å². The SMILES string of the molecule is C=CCNC(=O)C(OCCC(F)(F)C(F)(F)S(=O)(=O)[O-])(OC(=O)C(=C)C)C(F)(F)F. The monoisotopic (exact) mass is 474 g/mol. The Morgan fingerprint density at radius 1 is 1.13 bits per heavy atom. The Balaban J connectivity index is 5.99. The van der Waals surface area contributed by atoms with Gasteiger partial charge in [0.15, 0.2) is 10.1 Å². The summed E-state index contributed by atoms with van der Waals surface area (Å²) in [5, 5.41) is -4.67. The molecule has 1 unspecified atom stereocenters. The van der Waals surface area contributed by atoms with E-state index < -0.39 is 70.3 Å². The Hall–Kier alpha value is -2.20. The van der Waals surface area contributed by atoms with Crippen molar-refractivity contribution in [2.75, 3.05) is 13.2 Å². The number of ether oxygens (including phenoxy) is 2. The number of rotatable bonds is 11. The first-order chi connectivity index (χ1) is 13.3. The van der Waals surface area contributed by atoms with E-state index in [0.717, 1.165) is 13.0 Å². The average Bonchev–Trinajstić information content (AvgIpc) is 2.55. The average molecular weight is 474 g/mol. The van der Waals surface area contributed by atoms with Gasteiger partial charge in [-0.1, -0.05) is 12.7 Å². The quantitative estimate of drug-likeness (QED) is 0.121. The maximum atomic E-state index is 13.5. The lowest BCUT2D eigenvalue weighted by atomic mass is 10.2. The number of amides is 1. The molecule has 16 heteroatoms. The van der Waals surface area contributed by atoms with Crippen LogP contribution in [0.2, 0.25) is 0 Å². The number of halogens is 7. The van der Waals surface area contributed by atoms with Crippen LogP contribution in [0.25, 0.3) is 0 Å². The molecule has 0 bridgehead atoms. The van der Waals surface area contributed by atoms with Crippen LogP contribution in [0.5, 0.6) is 0 Å². The van der Waals surface area contributed by atoms with Crippen molar-refractivity contribution in [2.24, 2.45) is 0 Å². The van der Waals surface area contributed by atoms with Crippen LogP contribution in [0.1, 0.15) is 13.3 Å². The van der Waals surface area contributed by atoms with Crippen LogP contribution in [0.15, 0.2) is 24.8 Å². The minimum absolute atomic E-state index is 0.646. The van der Waals surface area contributed by atoms with Crippen molar-refractivity contribution in [1.82, 2.24) is 5.32 Å². The van der Waals surface area contributed by atoms with Crippen LogP contribution in [0.3, 0.4) is 0 Å². The lowest BCUT2D eigenvalue weighted by Crippen LogP contribution is -2.62. The number of hydrogen-bond donors (Lipinski definition) is 1. The minimum Gasteiger partial charge on any atom is -0.743 e. The van der Waals surface area contributed by atoms with Gasteiger partial charge in [0.05, 0.1) is 6.61 Å². The lowest BCUT2D eigenvalue weighted by Gasteiger charge is -2.34. The molecule has 174 valence electrons. The Morgan fingerprint density at radius 2 is 1.63 bits per heavy atom. The van der Waals surface area contributed by atoms with Gasteiger partial charge in [-0.25, -0.2) is 13.2 Å². The third-order valence-corrected chi connectivity index (χ3v) is 4.05. The van der Waals surface area contributed by atoms with Gasteiger partial charge in [-0.05, 0) is 6.92 Å². The van der Waals surface area contributed by atoms with E-state index in [1.165, 1.54) is 5.32 Å². The molecule has 0 aliphatic carbocycles. The number of esters is 1. The number of alkyl halides is 7. The molecular formula is C14H15F7NO7S-. The highest BCUT2D eigenvalue weighted by Gasteiger charge is 2.67. The largest absolute Gasteiger partial charge is 0.743 e. The van der Waals surface area contributed by atoms with Crippen LogP contribution in [-0.2, 0) is 29.2 Å². The van der Waals surface area contributed by atoms with Gasteiger partial charge in [0, 0.05) is 18.5 Å². The fourth-order valence-electron chi connectivity index (χ4n) is 1.56. The third-order valence-electron chi connectivity index (χ3n) is 3.13. The summed E-state index contributed by atoms with van der Waals surface area (Å²) in [7, 11) is -6.91. The molecule has 0 saturated heterocycles. The second-order valence-corrected chi connectivity index (χ2v) is 6.98. The number of carbonyl (C=O) groups is 2. The molecule has 1 N–H and O–H groups in total. The highest BCUT2D eigenvalue weighted by atomic mass is 32.2. The summed E-state index contributed by atoms with van der Waals surface area (Å²) in [6.07, 6.45) is -7.52. The summed E-state index contributed by atoms with van der Waals surface area (Å²) >= 11 is 0. The third kappa shape index (κ3) is 5.91. The zero-order chi connectivity index (χ0) is 24.2. The van der Waals surface area contributed by atoms with Crippen molar-refractivity contribution in [3.63, 3.8) is 0 Å². The van der Waals surface area contributed by atoms with Crippen molar-refractivity contribution in [3.8, 4) is 0 Å². The van der Waals surface area contributed by atoms with Crippen molar-refractivity contribution in [1.29, 1.82) is 0 Å². The standard InChI is InChI=1S/C14H16F7NO7S/c1-4-6-22-10(24)12(13(17,18)19,29-9(23)8(2)3)28-7-5-11(15,16)14(20,21)30(25,26)27/h4H,1-2,5-7H2,3H3,(H,22,24)(H,25,26,27)/p-1. The maximum absolute atomic E-state index is 13.5. The van der Waals surface area contributed by atoms with Gasteiger partial charge >= 0.3 is 35.0 Å².